The largest absolute Gasteiger partial charge is 0.465 e. The molecule has 1 aliphatic heterocycles. The van der Waals surface area contributed by atoms with Gasteiger partial charge in [-0.15, -0.1) is 0 Å². The summed E-state index contributed by atoms with van der Waals surface area (Å²) in [6.45, 7) is 0.744. The van der Waals surface area contributed by atoms with Gasteiger partial charge in [-0.2, -0.15) is 0 Å². The van der Waals surface area contributed by atoms with Crippen molar-refractivity contribution < 1.29 is 9.53 Å². The van der Waals surface area contributed by atoms with Crippen LogP contribution in [-0.2, 0) is 9.53 Å². The summed E-state index contributed by atoms with van der Waals surface area (Å²) in [6, 6.07) is 0. The maximum atomic E-state index is 11.7. The van der Waals surface area contributed by atoms with E-state index in [1.54, 1.807) is 0 Å². The highest BCUT2D eigenvalue weighted by atomic mass is 16.5. The SMILES string of the molecule is O=C1OCC2(CC2)C2(CC2)C12CC2. The summed E-state index contributed by atoms with van der Waals surface area (Å²) >= 11 is 0. The van der Waals surface area contributed by atoms with E-state index < -0.39 is 0 Å². The molecular formula is C11H14O2. The van der Waals surface area contributed by atoms with Crippen molar-refractivity contribution in [1.29, 1.82) is 0 Å². The molecule has 0 aromatic carbocycles. The first kappa shape index (κ1) is 6.86. The van der Waals surface area contributed by atoms with E-state index in [0.29, 0.717) is 10.8 Å². The number of rotatable bonds is 0. The average Bonchev–Trinajstić information content (AvgIpc) is 2.97. The van der Waals surface area contributed by atoms with Crippen LogP contribution in [0.25, 0.3) is 0 Å². The Morgan fingerprint density at radius 1 is 1.00 bits per heavy atom. The van der Waals surface area contributed by atoms with Gasteiger partial charge in [-0.25, -0.2) is 0 Å². The van der Waals surface area contributed by atoms with E-state index in [9.17, 15) is 4.79 Å². The molecule has 0 aromatic heterocycles. The van der Waals surface area contributed by atoms with E-state index in [0.717, 1.165) is 19.4 Å². The van der Waals surface area contributed by atoms with E-state index in [-0.39, 0.29) is 11.4 Å². The van der Waals surface area contributed by atoms with Crippen molar-refractivity contribution in [2.45, 2.75) is 38.5 Å². The van der Waals surface area contributed by atoms with Crippen LogP contribution >= 0.6 is 0 Å². The quantitative estimate of drug-likeness (QED) is 0.529. The molecule has 0 aromatic rings. The Morgan fingerprint density at radius 3 is 2.15 bits per heavy atom. The first-order chi connectivity index (χ1) is 6.25. The minimum Gasteiger partial charge on any atom is -0.465 e. The zero-order valence-corrected chi connectivity index (χ0v) is 7.77. The second-order valence-corrected chi connectivity index (χ2v) is 5.52. The first-order valence-electron chi connectivity index (χ1n) is 5.42. The molecule has 0 unspecified atom stereocenters. The number of carbonyl (C=O) groups excluding carboxylic acids is 1. The van der Waals surface area contributed by atoms with Crippen LogP contribution in [0.2, 0.25) is 0 Å². The molecule has 2 nitrogen and oxygen atoms in total. The van der Waals surface area contributed by atoms with Gasteiger partial charge in [-0.3, -0.25) is 4.79 Å². The van der Waals surface area contributed by atoms with E-state index in [2.05, 4.69) is 0 Å². The minimum absolute atomic E-state index is 0.0295. The summed E-state index contributed by atoms with van der Waals surface area (Å²) in [5.41, 5.74) is 0.939. The minimum atomic E-state index is 0.0295. The first-order valence-corrected chi connectivity index (χ1v) is 5.42. The van der Waals surface area contributed by atoms with Gasteiger partial charge in [0.15, 0.2) is 0 Å². The fraction of sp³-hybridized carbons (Fsp3) is 0.909. The highest BCUT2D eigenvalue weighted by Gasteiger charge is 2.82. The van der Waals surface area contributed by atoms with Crippen LogP contribution < -0.4 is 0 Å². The Bertz CT molecular complexity index is 306. The molecule has 0 radical (unpaired) electrons. The lowest BCUT2D eigenvalue weighted by molar-refractivity contribution is -0.169. The molecule has 4 aliphatic rings. The van der Waals surface area contributed by atoms with Crippen molar-refractivity contribution in [2.75, 3.05) is 6.61 Å². The third-order valence-corrected chi connectivity index (χ3v) is 5.16. The normalized spacial score (nSPS) is 39.2. The number of carbonyl (C=O) groups is 1. The van der Waals surface area contributed by atoms with Gasteiger partial charge in [-0.1, -0.05) is 0 Å². The van der Waals surface area contributed by atoms with Gasteiger partial charge >= 0.3 is 5.97 Å². The summed E-state index contributed by atoms with van der Waals surface area (Å²) in [6.07, 6.45) is 7.50. The third kappa shape index (κ3) is 0.520. The number of hydrogen-bond donors (Lipinski definition) is 0. The Morgan fingerprint density at radius 2 is 1.69 bits per heavy atom. The third-order valence-electron chi connectivity index (χ3n) is 5.16. The van der Waals surface area contributed by atoms with Gasteiger partial charge in [0.25, 0.3) is 0 Å². The number of cyclic esters (lactones) is 1. The summed E-state index contributed by atoms with van der Waals surface area (Å²) in [4.78, 5) is 11.7. The van der Waals surface area contributed by atoms with Crippen LogP contribution in [0.5, 0.6) is 0 Å². The van der Waals surface area contributed by atoms with E-state index in [1.807, 2.05) is 0 Å². The van der Waals surface area contributed by atoms with Crippen molar-refractivity contribution in [2.24, 2.45) is 16.2 Å². The highest BCUT2D eigenvalue weighted by Crippen LogP contribution is 2.84. The Kier molecular flexibility index (Phi) is 0.818. The molecule has 0 amide bonds. The van der Waals surface area contributed by atoms with E-state index in [4.69, 9.17) is 4.74 Å². The van der Waals surface area contributed by atoms with Gasteiger partial charge < -0.3 is 4.74 Å². The molecule has 3 aliphatic carbocycles. The molecule has 3 spiro atoms. The lowest BCUT2D eigenvalue weighted by atomic mass is 9.71. The fourth-order valence-corrected chi connectivity index (χ4v) is 3.90. The van der Waals surface area contributed by atoms with Gasteiger partial charge in [0.05, 0.1) is 12.0 Å². The lowest BCUT2D eigenvalue weighted by Crippen LogP contribution is -2.44. The molecule has 4 fully saturated rings. The van der Waals surface area contributed by atoms with Crippen LogP contribution in [0.4, 0.5) is 0 Å². The monoisotopic (exact) mass is 178 g/mol. The van der Waals surface area contributed by atoms with Crippen LogP contribution in [0.3, 0.4) is 0 Å². The van der Waals surface area contributed by atoms with E-state index >= 15 is 0 Å². The molecule has 3 saturated carbocycles. The van der Waals surface area contributed by atoms with Gasteiger partial charge in [0.2, 0.25) is 0 Å². The van der Waals surface area contributed by atoms with Crippen LogP contribution in [0.1, 0.15) is 38.5 Å². The van der Waals surface area contributed by atoms with Crippen molar-refractivity contribution in [1.82, 2.24) is 0 Å². The van der Waals surface area contributed by atoms with Gasteiger partial charge in [-0.05, 0) is 43.9 Å². The predicted octanol–water partition coefficient (Wildman–Crippen LogP) is 1.88. The van der Waals surface area contributed by atoms with Crippen molar-refractivity contribution in [3.8, 4) is 0 Å². The lowest BCUT2D eigenvalue weighted by Gasteiger charge is -2.38. The zero-order chi connectivity index (χ0) is 8.73. The molecule has 70 valence electrons. The molecule has 13 heavy (non-hydrogen) atoms. The highest BCUT2D eigenvalue weighted by molar-refractivity contribution is 5.83. The topological polar surface area (TPSA) is 26.3 Å². The summed E-state index contributed by atoms with van der Waals surface area (Å²) in [5, 5.41) is 0. The molecule has 0 bridgehead atoms. The average molecular weight is 178 g/mol. The summed E-state index contributed by atoms with van der Waals surface area (Å²) in [5.74, 6) is 0.141. The van der Waals surface area contributed by atoms with E-state index in [1.165, 1.54) is 25.7 Å². The van der Waals surface area contributed by atoms with Crippen LogP contribution in [-0.4, -0.2) is 12.6 Å². The number of fused-ring (bicyclic) bond motifs is 2. The standard InChI is InChI=1S/C11H14O2/c12-8-10(3-4-10)11(5-6-11)9(1-2-9)7-13-8/h1-7H2. The predicted molar refractivity (Wildman–Crippen MR) is 46.0 cm³/mol. The molecule has 4 rings (SSSR count). The second kappa shape index (κ2) is 1.55. The number of hydrogen-bond acceptors (Lipinski definition) is 2. The van der Waals surface area contributed by atoms with Crippen molar-refractivity contribution in [3.63, 3.8) is 0 Å². The molecule has 1 saturated heterocycles. The smallest absolute Gasteiger partial charge is 0.312 e. The maximum Gasteiger partial charge on any atom is 0.312 e. The van der Waals surface area contributed by atoms with Gasteiger partial charge in [0.1, 0.15) is 0 Å². The molecule has 1 heterocycles. The summed E-state index contributed by atoms with van der Waals surface area (Å²) in [7, 11) is 0. The van der Waals surface area contributed by atoms with Crippen molar-refractivity contribution >= 4 is 5.97 Å². The second-order valence-electron chi connectivity index (χ2n) is 5.52. The molecular weight excluding hydrogens is 164 g/mol. The van der Waals surface area contributed by atoms with Crippen LogP contribution in [0.15, 0.2) is 0 Å². The van der Waals surface area contributed by atoms with Gasteiger partial charge in [0, 0.05) is 5.41 Å². The maximum absolute atomic E-state index is 11.7. The number of ether oxygens (including phenoxy) is 1. The van der Waals surface area contributed by atoms with Crippen molar-refractivity contribution in [3.05, 3.63) is 0 Å². The fourth-order valence-electron chi connectivity index (χ4n) is 3.90. The zero-order valence-electron chi connectivity index (χ0n) is 7.77. The Hall–Kier alpha value is -0.530. The number of esters is 1. The molecule has 2 heteroatoms. The molecule has 0 N–H and O–H groups in total. The molecule has 0 atom stereocenters. The Labute approximate surface area is 77.6 Å². The Balaban J connectivity index is 1.85. The van der Waals surface area contributed by atoms with Crippen LogP contribution in [0, 0.1) is 16.2 Å². The summed E-state index contributed by atoms with van der Waals surface area (Å²) < 4.78 is 5.37.